The summed E-state index contributed by atoms with van der Waals surface area (Å²) < 4.78 is 2.04. The maximum atomic E-state index is 13.2. The molecule has 15 heteroatoms. The van der Waals surface area contributed by atoms with Crippen LogP contribution < -0.4 is 21.3 Å². The molecule has 0 aliphatic carbocycles. The van der Waals surface area contributed by atoms with Crippen LogP contribution in [0, 0.1) is 34.6 Å². The van der Waals surface area contributed by atoms with Crippen molar-refractivity contribution < 1.29 is 14.4 Å². The number of amides is 3. The van der Waals surface area contributed by atoms with Gasteiger partial charge in [0.15, 0.2) is 11.0 Å². The van der Waals surface area contributed by atoms with Crippen LogP contribution in [-0.2, 0) is 9.59 Å². The molecule has 54 heavy (non-hydrogen) atoms. The van der Waals surface area contributed by atoms with Crippen molar-refractivity contribution in [1.82, 2.24) is 30.4 Å². The average molecular weight is 786 g/mol. The number of para-hydroxylation sites is 1. The number of benzene rings is 2. The number of carbonyl (C=O) groups excluding carboxylic acids is 3. The minimum absolute atomic E-state index is 0.121. The summed E-state index contributed by atoms with van der Waals surface area (Å²) in [6, 6.07) is 14.1. The highest BCUT2D eigenvalue weighted by molar-refractivity contribution is 7.16. The van der Waals surface area contributed by atoms with Crippen LogP contribution in [0.4, 0.5) is 10.8 Å². The van der Waals surface area contributed by atoms with Crippen molar-refractivity contribution in [2.45, 2.75) is 72.8 Å². The summed E-state index contributed by atoms with van der Waals surface area (Å²) in [6.45, 7) is 11.8. The van der Waals surface area contributed by atoms with E-state index in [1.807, 2.05) is 49.6 Å². The fourth-order valence-electron chi connectivity index (χ4n) is 6.20. The molecule has 0 bridgehead atoms. The van der Waals surface area contributed by atoms with Gasteiger partial charge in [0, 0.05) is 45.4 Å². The number of nitrogens with zero attached hydrogens (tertiary/aromatic N) is 5. The molecule has 0 unspecified atom stereocenters. The van der Waals surface area contributed by atoms with Crippen molar-refractivity contribution in [3.8, 4) is 5.00 Å². The van der Waals surface area contributed by atoms with Crippen LogP contribution in [0.2, 0.25) is 5.02 Å². The lowest BCUT2D eigenvalue weighted by Crippen LogP contribution is -2.33. The normalized spacial score (nSPS) is 13.4. The molecule has 1 aliphatic rings. The van der Waals surface area contributed by atoms with Crippen LogP contribution in [0.5, 0.6) is 0 Å². The highest BCUT2D eigenvalue weighted by Gasteiger charge is 2.32. The second-order valence-electron chi connectivity index (χ2n) is 13.2. The van der Waals surface area contributed by atoms with Gasteiger partial charge in [-0.15, -0.1) is 32.9 Å². The molecule has 12 nitrogen and oxygen atoms in total. The maximum absolute atomic E-state index is 13.2. The van der Waals surface area contributed by atoms with Crippen molar-refractivity contribution in [2.75, 3.05) is 30.3 Å². The summed E-state index contributed by atoms with van der Waals surface area (Å²) in [5.41, 5.74) is 5.65. The molecule has 4 heterocycles. The van der Waals surface area contributed by atoms with E-state index in [4.69, 9.17) is 16.6 Å². The Morgan fingerprint density at radius 3 is 2.37 bits per heavy atom. The van der Waals surface area contributed by atoms with Crippen LogP contribution in [-0.4, -0.2) is 62.8 Å². The lowest BCUT2D eigenvalue weighted by Gasteiger charge is -2.13. The summed E-state index contributed by atoms with van der Waals surface area (Å²) >= 11 is 9.32. The summed E-state index contributed by atoms with van der Waals surface area (Å²) in [5.74, 6) is 0.819. The Balaban J connectivity index is 0.937. The predicted octanol–water partition coefficient (Wildman–Crippen LogP) is 7.42. The Hall–Kier alpha value is -4.76. The molecule has 0 radical (unpaired) electrons. The molecule has 2 aromatic carbocycles. The third-order valence-corrected chi connectivity index (χ3v) is 11.7. The van der Waals surface area contributed by atoms with Crippen LogP contribution in [0.3, 0.4) is 0 Å². The average Bonchev–Trinajstić information content (AvgIpc) is 3.75. The Bertz CT molecular complexity index is 2170. The molecular formula is C39H44ClN9O3S2. The minimum atomic E-state index is -0.524. The number of aromatic nitrogens is 4. The number of nitrogens with one attached hydrogen (secondary N) is 4. The third kappa shape index (κ3) is 9.12. The first-order chi connectivity index (χ1) is 26.0. The number of rotatable bonds is 15. The highest BCUT2D eigenvalue weighted by atomic mass is 35.5. The molecule has 4 N–H and O–H groups in total. The van der Waals surface area contributed by atoms with Crippen molar-refractivity contribution in [2.24, 2.45) is 4.99 Å². The van der Waals surface area contributed by atoms with Crippen LogP contribution in [0.25, 0.3) is 5.00 Å². The number of anilines is 2. The summed E-state index contributed by atoms with van der Waals surface area (Å²) in [4.78, 5) is 50.6. The third-order valence-electron chi connectivity index (χ3n) is 9.31. The molecule has 282 valence electrons. The van der Waals surface area contributed by atoms with Crippen LogP contribution in [0.1, 0.15) is 92.3 Å². The number of aliphatic imine (C=N–C) groups is 1. The van der Waals surface area contributed by atoms with E-state index in [0.29, 0.717) is 53.2 Å². The van der Waals surface area contributed by atoms with Gasteiger partial charge in [0.1, 0.15) is 16.9 Å². The number of halogens is 1. The predicted molar refractivity (Wildman–Crippen MR) is 217 cm³/mol. The second-order valence-corrected chi connectivity index (χ2v) is 16.1. The first-order valence-electron chi connectivity index (χ1n) is 18.0. The van der Waals surface area contributed by atoms with E-state index in [2.05, 4.69) is 50.3 Å². The zero-order valence-corrected chi connectivity index (χ0v) is 33.4. The number of thiazole rings is 1. The Morgan fingerprint density at radius 1 is 0.833 bits per heavy atom. The molecule has 5 aromatic rings. The minimum Gasteiger partial charge on any atom is -0.355 e. The van der Waals surface area contributed by atoms with Gasteiger partial charge in [-0.25, -0.2) is 4.98 Å². The number of hydrogen-bond acceptors (Lipinski definition) is 10. The highest BCUT2D eigenvalue weighted by Crippen LogP contribution is 2.39. The fourth-order valence-corrected chi connectivity index (χ4v) is 8.35. The molecule has 3 amide bonds. The lowest BCUT2D eigenvalue weighted by atomic mass is 9.99. The fraction of sp³-hybridized carbons (Fsp3) is 0.359. The smallest absolute Gasteiger partial charge is 0.259 e. The van der Waals surface area contributed by atoms with E-state index < -0.39 is 6.04 Å². The molecule has 0 saturated carbocycles. The number of aryl methyl sites for hydroxylation is 4. The molecular weight excluding hydrogens is 742 g/mol. The van der Waals surface area contributed by atoms with Crippen molar-refractivity contribution in [1.29, 1.82) is 0 Å². The van der Waals surface area contributed by atoms with Gasteiger partial charge in [-0.2, -0.15) is 0 Å². The van der Waals surface area contributed by atoms with E-state index >= 15 is 0 Å². The monoisotopic (exact) mass is 785 g/mol. The van der Waals surface area contributed by atoms with Crippen molar-refractivity contribution in [3.05, 3.63) is 103 Å². The van der Waals surface area contributed by atoms with Crippen molar-refractivity contribution >= 4 is 68.5 Å². The van der Waals surface area contributed by atoms with E-state index in [1.54, 1.807) is 35.6 Å². The first kappa shape index (κ1) is 38.9. The molecule has 1 atom stereocenters. The van der Waals surface area contributed by atoms with Gasteiger partial charge in [-0.05, 0) is 83.8 Å². The lowest BCUT2D eigenvalue weighted by molar-refractivity contribution is -0.121. The topological polar surface area (TPSA) is 155 Å². The second kappa shape index (κ2) is 17.6. The number of unbranched alkanes of at least 4 members (excludes halogenated alkanes) is 2. The van der Waals surface area contributed by atoms with Crippen molar-refractivity contribution in [3.63, 3.8) is 0 Å². The Kier molecular flexibility index (Phi) is 12.7. The molecule has 0 saturated heterocycles. The van der Waals surface area contributed by atoms with E-state index in [9.17, 15) is 14.4 Å². The van der Waals surface area contributed by atoms with Gasteiger partial charge in [0.25, 0.3) is 5.91 Å². The van der Waals surface area contributed by atoms with E-state index in [-0.39, 0.29) is 24.1 Å². The largest absolute Gasteiger partial charge is 0.355 e. The van der Waals surface area contributed by atoms with Gasteiger partial charge in [-0.1, -0.05) is 42.3 Å². The van der Waals surface area contributed by atoms with Crippen LogP contribution in [0.15, 0.2) is 53.5 Å². The number of thiophene rings is 1. The summed E-state index contributed by atoms with van der Waals surface area (Å²) in [6.07, 6.45) is 2.93. The van der Waals surface area contributed by atoms with Gasteiger partial charge in [0.05, 0.1) is 29.1 Å². The summed E-state index contributed by atoms with van der Waals surface area (Å²) in [5, 5.41) is 23.2. The zero-order chi connectivity index (χ0) is 38.4. The molecule has 1 aliphatic heterocycles. The molecule has 0 spiro atoms. The van der Waals surface area contributed by atoms with E-state index in [1.165, 1.54) is 16.2 Å². The standard InChI is InChI=1S/C39H44ClN9O3S2/c1-22-24(3)53-38-34(22)35(27-14-16-28(40)17-15-27)45-31(36-48-47-26(5)49(36)38)21-33(51)42-20-19-41-18-10-6-7-13-32(50)44-30-12-9-8-11-29(30)37(52)46-39-43-23(2)25(4)54-39/h8-9,11-12,14-17,31,41H,6-7,10,13,18-21H2,1-5H3,(H,42,51)(H,44,50)(H,43,46,52)/t31-/m0/s1. The number of carbonyl (C=O) groups is 3. The SMILES string of the molecule is Cc1nc(NC(=O)c2ccccc2NC(=O)CCCCCNCCNC(=O)C[C@@H]2N=C(c3ccc(Cl)cc3)c3c(sc(C)c3C)-n3c(C)nnc32)sc1C. The Labute approximate surface area is 327 Å². The maximum Gasteiger partial charge on any atom is 0.259 e. The molecule has 6 rings (SSSR count). The summed E-state index contributed by atoms with van der Waals surface area (Å²) in [7, 11) is 0. The van der Waals surface area contributed by atoms with E-state index in [0.717, 1.165) is 63.2 Å². The van der Waals surface area contributed by atoms with Gasteiger partial charge in [-0.3, -0.25) is 29.3 Å². The van der Waals surface area contributed by atoms with Gasteiger partial charge in [0.2, 0.25) is 11.8 Å². The van der Waals surface area contributed by atoms with Crippen LogP contribution >= 0.6 is 34.3 Å². The quantitative estimate of drug-likeness (QED) is 0.0806. The Morgan fingerprint density at radius 2 is 1.61 bits per heavy atom. The van der Waals surface area contributed by atoms with Gasteiger partial charge >= 0.3 is 0 Å². The molecule has 0 fully saturated rings. The number of fused-ring (bicyclic) bond motifs is 3. The zero-order valence-electron chi connectivity index (χ0n) is 31.0. The van der Waals surface area contributed by atoms with Gasteiger partial charge < -0.3 is 16.0 Å². The first-order valence-corrected chi connectivity index (χ1v) is 20.0. The number of hydrogen-bond donors (Lipinski definition) is 4. The molecule has 3 aromatic heterocycles.